The van der Waals surface area contributed by atoms with Gasteiger partial charge in [-0.15, -0.1) is 0 Å². The SMILES string of the molecule is Cc1ccc(-c2nccn2[C@@H]2C[C@H]3CO[C@@H](CC(=O)N(C)C)CN3C2)cc1F.O=CO. The first-order chi connectivity index (χ1) is 14.8. The second-order valence-corrected chi connectivity index (χ2v) is 8.17. The molecule has 0 saturated carbocycles. The van der Waals surface area contributed by atoms with Crippen LogP contribution < -0.4 is 0 Å². The van der Waals surface area contributed by atoms with Crippen LogP contribution in [0.25, 0.3) is 11.4 Å². The van der Waals surface area contributed by atoms with E-state index in [1.165, 1.54) is 0 Å². The Kier molecular flexibility index (Phi) is 7.40. The van der Waals surface area contributed by atoms with Crippen molar-refractivity contribution >= 4 is 12.4 Å². The molecule has 8 nitrogen and oxygen atoms in total. The zero-order valence-electron chi connectivity index (χ0n) is 18.1. The summed E-state index contributed by atoms with van der Waals surface area (Å²) < 4.78 is 22.1. The van der Waals surface area contributed by atoms with Crippen molar-refractivity contribution in [2.24, 2.45) is 0 Å². The second-order valence-electron chi connectivity index (χ2n) is 8.17. The van der Waals surface area contributed by atoms with Gasteiger partial charge in [-0.2, -0.15) is 0 Å². The van der Waals surface area contributed by atoms with E-state index in [1.54, 1.807) is 44.2 Å². The van der Waals surface area contributed by atoms with E-state index < -0.39 is 0 Å². The number of amides is 1. The van der Waals surface area contributed by atoms with Crippen LogP contribution >= 0.6 is 0 Å². The summed E-state index contributed by atoms with van der Waals surface area (Å²) in [6.45, 7) is 3.81. The van der Waals surface area contributed by atoms with Crippen molar-refractivity contribution < 1.29 is 23.8 Å². The van der Waals surface area contributed by atoms with Crippen LogP contribution in [0, 0.1) is 12.7 Å². The average molecular weight is 432 g/mol. The topological polar surface area (TPSA) is 87.9 Å². The van der Waals surface area contributed by atoms with Gasteiger partial charge in [-0.3, -0.25) is 14.5 Å². The lowest BCUT2D eigenvalue weighted by molar-refractivity contribution is -0.134. The van der Waals surface area contributed by atoms with Crippen molar-refractivity contribution in [2.45, 2.75) is 38.0 Å². The summed E-state index contributed by atoms with van der Waals surface area (Å²) >= 11 is 0. The third-order valence-corrected chi connectivity index (χ3v) is 5.86. The molecule has 0 aliphatic carbocycles. The number of imidazole rings is 1. The summed E-state index contributed by atoms with van der Waals surface area (Å²) in [5.41, 5.74) is 1.43. The molecule has 2 aromatic rings. The van der Waals surface area contributed by atoms with Gasteiger partial charge in [-0.25, -0.2) is 9.37 Å². The Labute approximate surface area is 181 Å². The molecule has 1 aromatic heterocycles. The zero-order valence-corrected chi connectivity index (χ0v) is 18.1. The lowest BCUT2D eigenvalue weighted by Gasteiger charge is -2.35. The quantitative estimate of drug-likeness (QED) is 0.746. The van der Waals surface area contributed by atoms with Gasteiger partial charge in [-0.1, -0.05) is 12.1 Å². The van der Waals surface area contributed by atoms with Crippen LogP contribution in [-0.4, -0.2) is 82.8 Å². The summed E-state index contributed by atoms with van der Waals surface area (Å²) in [5.74, 6) is 0.680. The Hall–Kier alpha value is -2.78. The van der Waals surface area contributed by atoms with E-state index in [-0.39, 0.29) is 30.3 Å². The monoisotopic (exact) mass is 432 g/mol. The number of carbonyl (C=O) groups is 2. The second kappa shape index (κ2) is 10.0. The van der Waals surface area contributed by atoms with Crippen LogP contribution in [-0.2, 0) is 14.3 Å². The van der Waals surface area contributed by atoms with Crippen molar-refractivity contribution in [3.05, 3.63) is 42.0 Å². The van der Waals surface area contributed by atoms with Gasteiger partial charge in [0.2, 0.25) is 5.91 Å². The molecule has 0 spiro atoms. The molecule has 1 N–H and O–H groups in total. The summed E-state index contributed by atoms with van der Waals surface area (Å²) in [7, 11) is 3.54. The summed E-state index contributed by atoms with van der Waals surface area (Å²) in [6, 6.07) is 5.88. The highest BCUT2D eigenvalue weighted by Gasteiger charge is 2.39. The average Bonchev–Trinajstić information content (AvgIpc) is 3.37. The molecule has 3 atom stereocenters. The van der Waals surface area contributed by atoms with Crippen LogP contribution in [0.1, 0.15) is 24.4 Å². The zero-order chi connectivity index (χ0) is 22.5. The predicted molar refractivity (Wildman–Crippen MR) is 113 cm³/mol. The molecule has 9 heteroatoms. The molecule has 2 aliphatic rings. The molecule has 31 heavy (non-hydrogen) atoms. The molecule has 4 rings (SSSR count). The van der Waals surface area contributed by atoms with E-state index in [1.807, 2.05) is 12.3 Å². The molecule has 0 bridgehead atoms. The highest BCUT2D eigenvalue weighted by Crippen LogP contribution is 2.34. The number of hydrogen-bond acceptors (Lipinski definition) is 5. The Morgan fingerprint density at radius 1 is 1.35 bits per heavy atom. The van der Waals surface area contributed by atoms with E-state index in [4.69, 9.17) is 14.6 Å². The number of hydrogen-bond donors (Lipinski definition) is 1. The predicted octanol–water partition coefficient (Wildman–Crippen LogP) is 2.19. The lowest BCUT2D eigenvalue weighted by Crippen LogP contribution is -2.47. The van der Waals surface area contributed by atoms with Crippen molar-refractivity contribution in [3.63, 3.8) is 0 Å². The molecular weight excluding hydrogens is 403 g/mol. The van der Waals surface area contributed by atoms with Crippen molar-refractivity contribution in [2.75, 3.05) is 33.8 Å². The molecule has 0 unspecified atom stereocenters. The molecule has 0 radical (unpaired) electrons. The van der Waals surface area contributed by atoms with E-state index >= 15 is 0 Å². The van der Waals surface area contributed by atoms with Crippen LogP contribution in [0.4, 0.5) is 4.39 Å². The van der Waals surface area contributed by atoms with E-state index in [9.17, 15) is 9.18 Å². The van der Waals surface area contributed by atoms with E-state index in [0.29, 0.717) is 24.6 Å². The van der Waals surface area contributed by atoms with Gasteiger partial charge >= 0.3 is 0 Å². The maximum atomic E-state index is 14.0. The normalized spacial score (nSPS) is 22.9. The number of morpholine rings is 1. The molecule has 2 aliphatic heterocycles. The van der Waals surface area contributed by atoms with Crippen molar-refractivity contribution in [1.82, 2.24) is 19.4 Å². The molecule has 3 heterocycles. The minimum atomic E-state index is -0.250. The fourth-order valence-electron chi connectivity index (χ4n) is 4.18. The minimum Gasteiger partial charge on any atom is -0.483 e. The lowest BCUT2D eigenvalue weighted by atomic mass is 10.1. The number of aryl methyl sites for hydroxylation is 1. The molecule has 1 amide bonds. The van der Waals surface area contributed by atoms with Gasteiger partial charge in [0.05, 0.1) is 19.1 Å². The first-order valence-corrected chi connectivity index (χ1v) is 10.3. The Balaban J connectivity index is 0.000000858. The fourth-order valence-corrected chi connectivity index (χ4v) is 4.18. The summed E-state index contributed by atoms with van der Waals surface area (Å²) in [4.78, 5) is 28.9. The Bertz CT molecular complexity index is 917. The van der Waals surface area contributed by atoms with Crippen LogP contribution in [0.2, 0.25) is 0 Å². The molecule has 2 saturated heterocycles. The van der Waals surface area contributed by atoms with Gasteiger partial charge in [0, 0.05) is 57.2 Å². The van der Waals surface area contributed by atoms with Gasteiger partial charge < -0.3 is 19.3 Å². The highest BCUT2D eigenvalue weighted by molar-refractivity contribution is 5.76. The van der Waals surface area contributed by atoms with Crippen molar-refractivity contribution in [3.8, 4) is 11.4 Å². The number of carboxylic acid groups (broad SMARTS) is 1. The van der Waals surface area contributed by atoms with Crippen molar-refractivity contribution in [1.29, 1.82) is 0 Å². The smallest absolute Gasteiger partial charge is 0.290 e. The number of benzene rings is 1. The third kappa shape index (κ3) is 5.29. The fraction of sp³-hybridized carbons (Fsp3) is 0.500. The Morgan fingerprint density at radius 3 is 2.77 bits per heavy atom. The van der Waals surface area contributed by atoms with Gasteiger partial charge in [0.25, 0.3) is 6.47 Å². The maximum absolute atomic E-state index is 14.0. The number of ether oxygens (including phenoxy) is 1. The number of carbonyl (C=O) groups excluding carboxylic acids is 1. The molecule has 1 aromatic carbocycles. The maximum Gasteiger partial charge on any atom is 0.290 e. The molecular formula is C22H29FN4O4. The van der Waals surface area contributed by atoms with Gasteiger partial charge in [-0.05, 0) is 25.0 Å². The first kappa shape index (κ1) is 22.9. The van der Waals surface area contributed by atoms with Crippen LogP contribution in [0.15, 0.2) is 30.6 Å². The number of halogens is 1. The summed E-state index contributed by atoms with van der Waals surface area (Å²) in [6.07, 6.45) is 5.08. The minimum absolute atomic E-state index is 0.0571. The Morgan fingerprint density at radius 2 is 2.10 bits per heavy atom. The molecule has 168 valence electrons. The number of fused-ring (bicyclic) bond motifs is 1. The van der Waals surface area contributed by atoms with Gasteiger partial charge in [0.1, 0.15) is 11.6 Å². The van der Waals surface area contributed by atoms with Crippen LogP contribution in [0.5, 0.6) is 0 Å². The van der Waals surface area contributed by atoms with E-state index in [0.717, 1.165) is 30.9 Å². The van der Waals surface area contributed by atoms with Gasteiger partial charge in [0.15, 0.2) is 0 Å². The van der Waals surface area contributed by atoms with E-state index in [2.05, 4.69) is 14.5 Å². The largest absolute Gasteiger partial charge is 0.483 e. The third-order valence-electron chi connectivity index (χ3n) is 5.86. The van der Waals surface area contributed by atoms with Crippen LogP contribution in [0.3, 0.4) is 0 Å². The number of rotatable bonds is 4. The highest BCUT2D eigenvalue weighted by atomic mass is 19.1. The summed E-state index contributed by atoms with van der Waals surface area (Å²) in [5, 5.41) is 6.89. The standard InChI is InChI=1S/C21H27FN4O2.CH2O2/c1-14-4-5-15(8-19(14)22)21-23-6-7-26(21)16-9-17-13-28-18(12-25(17)11-16)10-20(27)24(2)3;2-1-3/h4-8,16-18H,9-13H2,1-3H3;1H,(H,2,3)/t16-,17+,18+;/m1./s1. The molecule has 2 fully saturated rings. The first-order valence-electron chi connectivity index (χ1n) is 10.3. The number of nitrogens with zero attached hydrogens (tertiary/aromatic N) is 4. The number of aromatic nitrogens is 2.